The van der Waals surface area contributed by atoms with Gasteiger partial charge in [-0.05, 0) is 49.3 Å². The van der Waals surface area contributed by atoms with E-state index in [-0.39, 0.29) is 5.82 Å². The lowest BCUT2D eigenvalue weighted by Crippen LogP contribution is -2.40. The SMILES string of the molecule is CC1CC(B(O)O)CC(C)C1OCC1CCCCC1. The molecule has 2 fully saturated rings. The maximum absolute atomic E-state index is 9.35. The first kappa shape index (κ1) is 15.3. The van der Waals surface area contributed by atoms with Gasteiger partial charge in [-0.25, -0.2) is 0 Å². The van der Waals surface area contributed by atoms with Gasteiger partial charge in [0, 0.05) is 6.61 Å². The summed E-state index contributed by atoms with van der Waals surface area (Å²) in [5.41, 5.74) is 0. The van der Waals surface area contributed by atoms with Crippen LogP contribution < -0.4 is 0 Å². The van der Waals surface area contributed by atoms with Crippen molar-refractivity contribution in [2.45, 2.75) is 70.7 Å². The lowest BCUT2D eigenvalue weighted by molar-refractivity contribution is -0.0567. The molecule has 2 aliphatic rings. The van der Waals surface area contributed by atoms with Crippen molar-refractivity contribution in [2.24, 2.45) is 17.8 Å². The molecule has 0 radical (unpaired) electrons. The molecule has 19 heavy (non-hydrogen) atoms. The Kier molecular flexibility index (Phi) is 5.73. The van der Waals surface area contributed by atoms with E-state index in [0.29, 0.717) is 17.9 Å². The first-order valence-electron chi connectivity index (χ1n) is 8.05. The summed E-state index contributed by atoms with van der Waals surface area (Å²) in [6.45, 7) is 5.29. The largest absolute Gasteiger partial charge is 0.454 e. The second kappa shape index (κ2) is 7.10. The van der Waals surface area contributed by atoms with Crippen LogP contribution in [-0.2, 0) is 4.74 Å². The quantitative estimate of drug-likeness (QED) is 0.771. The molecule has 0 amide bonds. The molecule has 2 unspecified atom stereocenters. The van der Waals surface area contributed by atoms with Gasteiger partial charge in [-0.1, -0.05) is 33.1 Å². The van der Waals surface area contributed by atoms with Crippen LogP contribution in [0.5, 0.6) is 0 Å². The highest BCUT2D eigenvalue weighted by Crippen LogP contribution is 2.39. The van der Waals surface area contributed by atoms with E-state index in [2.05, 4.69) is 13.8 Å². The molecule has 2 rings (SSSR count). The summed E-state index contributed by atoms with van der Waals surface area (Å²) in [5, 5.41) is 18.7. The summed E-state index contributed by atoms with van der Waals surface area (Å²) in [6, 6.07) is 0. The number of rotatable bonds is 4. The first-order valence-corrected chi connectivity index (χ1v) is 8.05. The molecule has 2 atom stereocenters. The van der Waals surface area contributed by atoms with Crippen LogP contribution in [0, 0.1) is 17.8 Å². The summed E-state index contributed by atoms with van der Waals surface area (Å²) < 4.78 is 6.21. The van der Waals surface area contributed by atoms with E-state index >= 15 is 0 Å². The third-order valence-corrected chi connectivity index (χ3v) is 5.14. The van der Waals surface area contributed by atoms with E-state index in [1.165, 1.54) is 32.1 Å². The van der Waals surface area contributed by atoms with Gasteiger partial charge in [0.15, 0.2) is 0 Å². The van der Waals surface area contributed by atoms with Crippen LogP contribution >= 0.6 is 0 Å². The molecule has 0 aromatic heterocycles. The van der Waals surface area contributed by atoms with E-state index in [4.69, 9.17) is 4.74 Å². The molecule has 0 spiro atoms. The van der Waals surface area contributed by atoms with Crippen molar-refractivity contribution in [2.75, 3.05) is 6.61 Å². The van der Waals surface area contributed by atoms with Gasteiger partial charge in [0.2, 0.25) is 0 Å². The molecule has 0 heterocycles. The van der Waals surface area contributed by atoms with E-state index in [9.17, 15) is 10.0 Å². The molecule has 4 heteroatoms. The average molecular weight is 268 g/mol. The van der Waals surface area contributed by atoms with Crippen LogP contribution in [0.1, 0.15) is 58.8 Å². The Morgan fingerprint density at radius 2 is 1.58 bits per heavy atom. The zero-order valence-electron chi connectivity index (χ0n) is 12.4. The van der Waals surface area contributed by atoms with Gasteiger partial charge in [0.25, 0.3) is 0 Å². The molecule has 0 aromatic carbocycles. The number of hydrogen-bond donors (Lipinski definition) is 2. The maximum Gasteiger partial charge on any atom is 0.454 e. The molecule has 0 aromatic rings. The van der Waals surface area contributed by atoms with E-state index in [1.54, 1.807) is 0 Å². The van der Waals surface area contributed by atoms with Crippen molar-refractivity contribution in [3.05, 3.63) is 0 Å². The van der Waals surface area contributed by atoms with Gasteiger partial charge in [0.1, 0.15) is 0 Å². The average Bonchev–Trinajstić information content (AvgIpc) is 2.38. The van der Waals surface area contributed by atoms with Gasteiger partial charge in [0.05, 0.1) is 6.10 Å². The Balaban J connectivity index is 1.79. The highest BCUT2D eigenvalue weighted by Gasteiger charge is 2.38. The summed E-state index contributed by atoms with van der Waals surface area (Å²) in [4.78, 5) is 0. The molecular weight excluding hydrogens is 239 g/mol. The zero-order chi connectivity index (χ0) is 13.8. The Bertz CT molecular complexity index is 254. The zero-order valence-corrected chi connectivity index (χ0v) is 12.4. The van der Waals surface area contributed by atoms with Crippen molar-refractivity contribution in [3.63, 3.8) is 0 Å². The lowest BCUT2D eigenvalue weighted by atomic mass is 9.59. The summed E-state index contributed by atoms with van der Waals surface area (Å²) >= 11 is 0. The molecule has 0 aliphatic heterocycles. The minimum atomic E-state index is -1.16. The summed E-state index contributed by atoms with van der Waals surface area (Å²) in [6.07, 6.45) is 8.82. The monoisotopic (exact) mass is 268 g/mol. The molecule has 2 aliphatic carbocycles. The summed E-state index contributed by atoms with van der Waals surface area (Å²) in [7, 11) is -1.16. The third kappa shape index (κ3) is 4.20. The van der Waals surface area contributed by atoms with Gasteiger partial charge in [-0.3, -0.25) is 0 Å². The molecule has 2 N–H and O–H groups in total. The van der Waals surface area contributed by atoms with Crippen LogP contribution in [0.2, 0.25) is 5.82 Å². The summed E-state index contributed by atoms with van der Waals surface area (Å²) in [5.74, 6) is 1.65. The van der Waals surface area contributed by atoms with Crippen molar-refractivity contribution < 1.29 is 14.8 Å². The van der Waals surface area contributed by atoms with Crippen molar-refractivity contribution >= 4 is 7.12 Å². The molecular formula is C15H29BO3. The van der Waals surface area contributed by atoms with Crippen LogP contribution in [-0.4, -0.2) is 29.9 Å². The predicted octanol–water partition coefficient (Wildman–Crippen LogP) is 2.86. The van der Waals surface area contributed by atoms with Gasteiger partial charge < -0.3 is 14.8 Å². The van der Waals surface area contributed by atoms with Crippen molar-refractivity contribution in [3.8, 4) is 0 Å². The van der Waals surface area contributed by atoms with Crippen LogP contribution in [0.25, 0.3) is 0 Å². The lowest BCUT2D eigenvalue weighted by Gasteiger charge is -2.39. The highest BCUT2D eigenvalue weighted by molar-refractivity contribution is 6.43. The Morgan fingerprint density at radius 3 is 2.11 bits per heavy atom. The standard InChI is InChI=1S/C15H29BO3/c1-11-8-14(16(17)18)9-12(2)15(11)19-10-13-6-4-3-5-7-13/h11-15,17-18H,3-10H2,1-2H3. The van der Waals surface area contributed by atoms with E-state index < -0.39 is 7.12 Å². The fourth-order valence-corrected chi connectivity index (χ4v) is 4.05. The van der Waals surface area contributed by atoms with Crippen LogP contribution in [0.15, 0.2) is 0 Å². The Labute approximate surface area is 117 Å². The molecule has 0 saturated heterocycles. The first-order chi connectivity index (χ1) is 9.08. The van der Waals surface area contributed by atoms with Gasteiger partial charge >= 0.3 is 7.12 Å². The maximum atomic E-state index is 9.35. The minimum absolute atomic E-state index is 0.0273. The van der Waals surface area contributed by atoms with Crippen molar-refractivity contribution in [1.82, 2.24) is 0 Å². The fourth-order valence-electron chi connectivity index (χ4n) is 4.05. The smallest absolute Gasteiger partial charge is 0.427 e. The minimum Gasteiger partial charge on any atom is -0.427 e. The third-order valence-electron chi connectivity index (χ3n) is 5.14. The highest BCUT2D eigenvalue weighted by atomic mass is 16.5. The number of hydrogen-bond acceptors (Lipinski definition) is 3. The van der Waals surface area contributed by atoms with Gasteiger partial charge in [-0.2, -0.15) is 0 Å². The van der Waals surface area contributed by atoms with Crippen molar-refractivity contribution in [1.29, 1.82) is 0 Å². The molecule has 0 bridgehead atoms. The Hall–Kier alpha value is -0.0551. The second-order valence-electron chi connectivity index (χ2n) is 6.90. The van der Waals surface area contributed by atoms with E-state index in [0.717, 1.165) is 25.4 Å². The predicted molar refractivity (Wildman–Crippen MR) is 77.8 cm³/mol. The Morgan fingerprint density at radius 1 is 1.00 bits per heavy atom. The van der Waals surface area contributed by atoms with Gasteiger partial charge in [-0.15, -0.1) is 0 Å². The normalized spacial score (nSPS) is 37.3. The van der Waals surface area contributed by atoms with Crippen LogP contribution in [0.3, 0.4) is 0 Å². The van der Waals surface area contributed by atoms with E-state index in [1.807, 2.05) is 0 Å². The second-order valence-corrected chi connectivity index (χ2v) is 6.90. The molecule has 2 saturated carbocycles. The molecule has 110 valence electrons. The fraction of sp³-hybridized carbons (Fsp3) is 1.00. The molecule has 3 nitrogen and oxygen atoms in total. The number of ether oxygens (including phenoxy) is 1. The van der Waals surface area contributed by atoms with Crippen LogP contribution in [0.4, 0.5) is 0 Å². The topological polar surface area (TPSA) is 49.7 Å².